The molecule has 3 aromatic rings. The number of anilines is 1. The van der Waals surface area contributed by atoms with Crippen molar-refractivity contribution >= 4 is 28.2 Å². The van der Waals surface area contributed by atoms with E-state index in [1.165, 1.54) is 0 Å². The Balaban J connectivity index is 1.99. The lowest BCUT2D eigenvalue weighted by Gasteiger charge is -2.09. The highest BCUT2D eigenvalue weighted by molar-refractivity contribution is 6.33. The van der Waals surface area contributed by atoms with Crippen LogP contribution in [0.2, 0.25) is 5.02 Å². The summed E-state index contributed by atoms with van der Waals surface area (Å²) in [6, 6.07) is 14.9. The number of rotatable bonds is 2. The number of aromatic nitrogens is 1. The Labute approximate surface area is 115 Å². The van der Waals surface area contributed by atoms with Gasteiger partial charge >= 0.3 is 0 Å². The number of fused-ring (bicyclic) bond motifs is 1. The molecular weight excluding hydrogens is 260 g/mol. The second-order valence-electron chi connectivity index (χ2n) is 4.11. The van der Waals surface area contributed by atoms with E-state index in [4.69, 9.17) is 22.1 Å². The fraction of sp³-hybridized carbons (Fsp3) is 0. The number of hydrogen-bond acceptors (Lipinski definition) is 3. The predicted molar refractivity (Wildman–Crippen MR) is 77.7 cm³/mol. The minimum atomic E-state index is 0.435. The van der Waals surface area contributed by atoms with Crippen LogP contribution in [-0.4, -0.2) is 4.98 Å². The Morgan fingerprint density at radius 2 is 1.95 bits per heavy atom. The number of nitrogens with two attached hydrogens (primary N) is 1. The summed E-state index contributed by atoms with van der Waals surface area (Å²) in [6.07, 6.45) is 1.75. The van der Waals surface area contributed by atoms with Gasteiger partial charge in [-0.1, -0.05) is 23.7 Å². The van der Waals surface area contributed by atoms with Gasteiger partial charge in [0.1, 0.15) is 5.75 Å². The van der Waals surface area contributed by atoms with Crippen molar-refractivity contribution in [2.45, 2.75) is 0 Å². The third-order valence-corrected chi connectivity index (χ3v) is 3.15. The Bertz CT molecular complexity index is 743. The first-order valence-corrected chi connectivity index (χ1v) is 6.18. The smallest absolute Gasteiger partial charge is 0.151 e. The molecule has 2 N–H and O–H groups in total. The van der Waals surface area contributed by atoms with Gasteiger partial charge in [-0.3, -0.25) is 4.98 Å². The molecule has 0 saturated heterocycles. The first-order chi connectivity index (χ1) is 9.24. The number of ether oxygens (including phenoxy) is 1. The molecule has 0 spiro atoms. The summed E-state index contributed by atoms with van der Waals surface area (Å²) >= 11 is 5.96. The molecule has 1 aromatic heterocycles. The number of hydrogen-bond donors (Lipinski definition) is 1. The standard InChI is InChI=1S/C15H11ClN2O/c16-12-4-1-5-14(15(12)17)19-11-7-6-10-3-2-8-18-13(10)9-11/h1-9H,17H2. The number of nitrogen functional groups attached to an aromatic ring is 1. The van der Waals surface area contributed by atoms with Crippen LogP contribution in [0.25, 0.3) is 10.9 Å². The second-order valence-corrected chi connectivity index (χ2v) is 4.52. The van der Waals surface area contributed by atoms with Crippen LogP contribution in [0.5, 0.6) is 11.5 Å². The number of pyridine rings is 1. The number of nitrogens with zero attached hydrogens (tertiary/aromatic N) is 1. The van der Waals surface area contributed by atoms with Gasteiger partial charge in [0.05, 0.1) is 16.2 Å². The highest BCUT2D eigenvalue weighted by Gasteiger charge is 2.06. The Morgan fingerprint density at radius 1 is 1.05 bits per heavy atom. The molecule has 3 rings (SSSR count). The Kier molecular flexibility index (Phi) is 2.97. The molecule has 2 aromatic carbocycles. The topological polar surface area (TPSA) is 48.1 Å². The van der Waals surface area contributed by atoms with Crippen LogP contribution >= 0.6 is 11.6 Å². The van der Waals surface area contributed by atoms with Crippen molar-refractivity contribution in [2.75, 3.05) is 5.73 Å². The van der Waals surface area contributed by atoms with Gasteiger partial charge in [0.2, 0.25) is 0 Å². The Hall–Kier alpha value is -2.26. The highest BCUT2D eigenvalue weighted by Crippen LogP contribution is 2.33. The molecule has 19 heavy (non-hydrogen) atoms. The average molecular weight is 271 g/mol. The molecule has 1 heterocycles. The molecule has 4 heteroatoms. The van der Waals surface area contributed by atoms with Crippen molar-refractivity contribution in [1.82, 2.24) is 4.98 Å². The molecule has 0 atom stereocenters. The van der Waals surface area contributed by atoms with E-state index in [0.29, 0.717) is 22.2 Å². The molecule has 0 aliphatic heterocycles. The first-order valence-electron chi connectivity index (χ1n) is 5.81. The molecule has 0 saturated carbocycles. The normalized spacial score (nSPS) is 10.6. The van der Waals surface area contributed by atoms with Gasteiger partial charge in [0.15, 0.2) is 5.75 Å². The fourth-order valence-corrected chi connectivity index (χ4v) is 2.01. The maximum atomic E-state index is 5.96. The van der Waals surface area contributed by atoms with Gasteiger partial charge in [-0.05, 0) is 30.3 Å². The summed E-state index contributed by atoms with van der Waals surface area (Å²) in [5, 5.41) is 1.55. The minimum absolute atomic E-state index is 0.435. The van der Waals surface area contributed by atoms with E-state index in [1.54, 1.807) is 24.4 Å². The van der Waals surface area contributed by atoms with Crippen molar-refractivity contribution in [1.29, 1.82) is 0 Å². The van der Waals surface area contributed by atoms with Gasteiger partial charge in [-0.15, -0.1) is 0 Å². The van der Waals surface area contributed by atoms with E-state index in [0.717, 1.165) is 10.9 Å². The summed E-state index contributed by atoms with van der Waals surface area (Å²) in [5.41, 5.74) is 7.18. The van der Waals surface area contributed by atoms with Gasteiger partial charge in [-0.2, -0.15) is 0 Å². The second kappa shape index (κ2) is 4.78. The lowest BCUT2D eigenvalue weighted by atomic mass is 10.2. The van der Waals surface area contributed by atoms with E-state index >= 15 is 0 Å². The van der Waals surface area contributed by atoms with Crippen LogP contribution in [0.3, 0.4) is 0 Å². The highest BCUT2D eigenvalue weighted by atomic mass is 35.5. The summed E-state index contributed by atoms with van der Waals surface area (Å²) in [4.78, 5) is 4.29. The molecule has 0 amide bonds. The molecule has 94 valence electrons. The maximum Gasteiger partial charge on any atom is 0.151 e. The van der Waals surface area contributed by atoms with Crippen molar-refractivity contribution in [3.63, 3.8) is 0 Å². The van der Waals surface area contributed by atoms with E-state index < -0.39 is 0 Å². The predicted octanol–water partition coefficient (Wildman–Crippen LogP) is 4.26. The molecule has 0 fully saturated rings. The molecule has 0 aliphatic carbocycles. The van der Waals surface area contributed by atoms with Gasteiger partial charge in [-0.25, -0.2) is 0 Å². The van der Waals surface area contributed by atoms with Crippen LogP contribution in [0.1, 0.15) is 0 Å². The first kappa shape index (κ1) is 11.8. The molecule has 3 nitrogen and oxygen atoms in total. The van der Waals surface area contributed by atoms with E-state index in [1.807, 2.05) is 30.3 Å². The van der Waals surface area contributed by atoms with Crippen molar-refractivity contribution in [3.05, 3.63) is 59.8 Å². The molecule has 0 radical (unpaired) electrons. The van der Waals surface area contributed by atoms with Crippen LogP contribution in [0, 0.1) is 0 Å². The van der Waals surface area contributed by atoms with Crippen LogP contribution in [0.15, 0.2) is 54.7 Å². The number of benzene rings is 2. The lowest BCUT2D eigenvalue weighted by Crippen LogP contribution is -1.93. The fourth-order valence-electron chi connectivity index (χ4n) is 1.84. The zero-order valence-electron chi connectivity index (χ0n) is 10.0. The zero-order chi connectivity index (χ0) is 13.2. The van der Waals surface area contributed by atoms with Crippen LogP contribution in [0.4, 0.5) is 5.69 Å². The van der Waals surface area contributed by atoms with Crippen LogP contribution in [-0.2, 0) is 0 Å². The average Bonchev–Trinajstić information content (AvgIpc) is 2.44. The van der Waals surface area contributed by atoms with Gasteiger partial charge in [0, 0.05) is 17.6 Å². The maximum absolute atomic E-state index is 5.96. The quantitative estimate of drug-likeness (QED) is 0.708. The molecule has 0 bridgehead atoms. The van der Waals surface area contributed by atoms with Crippen molar-refractivity contribution in [2.24, 2.45) is 0 Å². The van der Waals surface area contributed by atoms with E-state index in [9.17, 15) is 0 Å². The lowest BCUT2D eigenvalue weighted by molar-refractivity contribution is 0.486. The molecule has 0 unspecified atom stereocenters. The third-order valence-electron chi connectivity index (χ3n) is 2.82. The number of halogens is 1. The van der Waals surface area contributed by atoms with Gasteiger partial charge in [0.25, 0.3) is 0 Å². The van der Waals surface area contributed by atoms with Crippen molar-refractivity contribution in [3.8, 4) is 11.5 Å². The molecule has 0 aliphatic rings. The van der Waals surface area contributed by atoms with Crippen molar-refractivity contribution < 1.29 is 4.74 Å². The summed E-state index contributed by atoms with van der Waals surface area (Å²) < 4.78 is 5.75. The van der Waals surface area contributed by atoms with Crippen LogP contribution < -0.4 is 10.5 Å². The number of para-hydroxylation sites is 1. The van der Waals surface area contributed by atoms with E-state index in [-0.39, 0.29) is 0 Å². The largest absolute Gasteiger partial charge is 0.455 e. The van der Waals surface area contributed by atoms with Gasteiger partial charge < -0.3 is 10.5 Å². The molecular formula is C15H11ClN2O. The zero-order valence-corrected chi connectivity index (χ0v) is 10.8. The third kappa shape index (κ3) is 2.33. The summed E-state index contributed by atoms with van der Waals surface area (Å²) in [7, 11) is 0. The SMILES string of the molecule is Nc1c(Cl)cccc1Oc1ccc2cccnc2c1. The summed E-state index contributed by atoms with van der Waals surface area (Å²) in [6.45, 7) is 0. The monoisotopic (exact) mass is 270 g/mol. The Morgan fingerprint density at radius 3 is 2.84 bits per heavy atom. The van der Waals surface area contributed by atoms with E-state index in [2.05, 4.69) is 4.98 Å². The minimum Gasteiger partial charge on any atom is -0.455 e. The summed E-state index contributed by atoms with van der Waals surface area (Å²) in [5.74, 6) is 1.22.